The number of aliphatic carboxylic acids is 1. The molecule has 110 valence electrons. The number of amides is 1. The standard InChI is InChI=1S/C16H23NO3/c1-9(10(2)15(19)20)14(18)17-16-6-11-3-12(7-16)5-13(4-11)8-16/h11-13H,3-8H2,1-2H3,(H,17,18)(H,19,20). The summed E-state index contributed by atoms with van der Waals surface area (Å²) < 4.78 is 0. The van der Waals surface area contributed by atoms with E-state index < -0.39 is 5.97 Å². The molecule has 0 aromatic heterocycles. The van der Waals surface area contributed by atoms with Crippen LogP contribution < -0.4 is 5.32 Å². The zero-order chi connectivity index (χ0) is 14.5. The zero-order valence-corrected chi connectivity index (χ0v) is 12.2. The topological polar surface area (TPSA) is 66.4 Å². The minimum Gasteiger partial charge on any atom is -0.478 e. The van der Waals surface area contributed by atoms with Gasteiger partial charge >= 0.3 is 5.97 Å². The summed E-state index contributed by atoms with van der Waals surface area (Å²) in [5, 5.41) is 12.2. The van der Waals surface area contributed by atoms with E-state index in [2.05, 4.69) is 5.32 Å². The van der Waals surface area contributed by atoms with Crippen molar-refractivity contribution in [2.45, 2.75) is 57.9 Å². The molecule has 4 aliphatic carbocycles. The Bertz CT molecular complexity index is 457. The van der Waals surface area contributed by atoms with E-state index in [1.54, 1.807) is 6.92 Å². The monoisotopic (exact) mass is 277 g/mol. The maximum atomic E-state index is 12.3. The molecule has 4 fully saturated rings. The normalized spacial score (nSPS) is 39.4. The highest BCUT2D eigenvalue weighted by molar-refractivity contribution is 6.01. The fourth-order valence-electron chi connectivity index (χ4n) is 4.93. The minimum atomic E-state index is -1.01. The van der Waals surface area contributed by atoms with Crippen LogP contribution in [0.5, 0.6) is 0 Å². The van der Waals surface area contributed by atoms with Crippen LogP contribution in [0.4, 0.5) is 0 Å². The van der Waals surface area contributed by atoms with Gasteiger partial charge in [-0.15, -0.1) is 0 Å². The number of hydrogen-bond donors (Lipinski definition) is 2. The lowest BCUT2D eigenvalue weighted by atomic mass is 9.53. The predicted octanol–water partition coefficient (Wildman–Crippen LogP) is 2.49. The van der Waals surface area contributed by atoms with Gasteiger partial charge in [0.1, 0.15) is 0 Å². The Labute approximate surface area is 119 Å². The molecule has 0 aliphatic heterocycles. The Morgan fingerprint density at radius 1 is 0.950 bits per heavy atom. The molecule has 0 atom stereocenters. The lowest BCUT2D eigenvalue weighted by molar-refractivity contribution is -0.133. The van der Waals surface area contributed by atoms with Crippen LogP contribution in [-0.4, -0.2) is 22.5 Å². The van der Waals surface area contributed by atoms with Crippen molar-refractivity contribution in [3.63, 3.8) is 0 Å². The average Bonchev–Trinajstić information content (AvgIpc) is 2.34. The highest BCUT2D eigenvalue weighted by Crippen LogP contribution is 2.55. The van der Waals surface area contributed by atoms with Crippen LogP contribution in [0.15, 0.2) is 11.1 Å². The largest absolute Gasteiger partial charge is 0.478 e. The highest BCUT2D eigenvalue weighted by Gasteiger charge is 2.51. The van der Waals surface area contributed by atoms with Gasteiger partial charge in [-0.2, -0.15) is 0 Å². The summed E-state index contributed by atoms with van der Waals surface area (Å²) in [7, 11) is 0. The minimum absolute atomic E-state index is 0.0497. The molecule has 4 bridgehead atoms. The van der Waals surface area contributed by atoms with Gasteiger partial charge in [0.05, 0.1) is 0 Å². The van der Waals surface area contributed by atoms with Crippen molar-refractivity contribution in [1.82, 2.24) is 5.32 Å². The summed E-state index contributed by atoms with van der Waals surface area (Å²) in [6.07, 6.45) is 7.26. The molecule has 4 heteroatoms. The maximum absolute atomic E-state index is 12.3. The van der Waals surface area contributed by atoms with E-state index in [-0.39, 0.29) is 17.0 Å². The lowest BCUT2D eigenvalue weighted by Gasteiger charge is -2.56. The molecule has 1 amide bonds. The first-order valence-electron chi connectivity index (χ1n) is 7.62. The molecule has 0 heterocycles. The molecule has 20 heavy (non-hydrogen) atoms. The molecular weight excluding hydrogens is 254 g/mol. The van der Waals surface area contributed by atoms with Crippen molar-refractivity contribution < 1.29 is 14.7 Å². The second-order valence-corrected chi connectivity index (χ2v) is 7.21. The summed E-state index contributed by atoms with van der Waals surface area (Å²) in [5.41, 5.74) is 0.437. The zero-order valence-electron chi connectivity index (χ0n) is 12.2. The third-order valence-electron chi connectivity index (χ3n) is 5.64. The number of rotatable bonds is 3. The third kappa shape index (κ3) is 2.25. The maximum Gasteiger partial charge on any atom is 0.331 e. The number of carboxylic acids is 1. The molecular formula is C16H23NO3. The van der Waals surface area contributed by atoms with Gasteiger partial charge in [0, 0.05) is 16.7 Å². The van der Waals surface area contributed by atoms with Crippen molar-refractivity contribution in [3.8, 4) is 0 Å². The molecule has 4 saturated carbocycles. The molecule has 0 unspecified atom stereocenters. The fourth-order valence-corrected chi connectivity index (χ4v) is 4.93. The van der Waals surface area contributed by atoms with Crippen LogP contribution in [0.25, 0.3) is 0 Å². The van der Waals surface area contributed by atoms with Crippen molar-refractivity contribution in [1.29, 1.82) is 0 Å². The van der Waals surface area contributed by atoms with Gasteiger partial charge in [-0.25, -0.2) is 4.79 Å². The van der Waals surface area contributed by atoms with Crippen molar-refractivity contribution in [2.24, 2.45) is 17.8 Å². The average molecular weight is 277 g/mol. The summed E-state index contributed by atoms with van der Waals surface area (Å²) in [6, 6.07) is 0. The molecule has 4 rings (SSSR count). The Kier molecular flexibility index (Phi) is 3.14. The van der Waals surface area contributed by atoms with Crippen molar-refractivity contribution in [3.05, 3.63) is 11.1 Å². The van der Waals surface area contributed by atoms with Gasteiger partial charge in [0.15, 0.2) is 0 Å². The third-order valence-corrected chi connectivity index (χ3v) is 5.64. The Morgan fingerprint density at radius 2 is 1.40 bits per heavy atom. The van der Waals surface area contributed by atoms with Crippen LogP contribution in [-0.2, 0) is 9.59 Å². The van der Waals surface area contributed by atoms with E-state index in [9.17, 15) is 9.59 Å². The molecule has 4 aliphatic rings. The first-order valence-corrected chi connectivity index (χ1v) is 7.62. The number of nitrogens with one attached hydrogen (secondary N) is 1. The Balaban J connectivity index is 1.76. The van der Waals surface area contributed by atoms with Gasteiger partial charge in [0.25, 0.3) is 0 Å². The fraction of sp³-hybridized carbons (Fsp3) is 0.750. The molecule has 0 saturated heterocycles. The molecule has 2 N–H and O–H groups in total. The van der Waals surface area contributed by atoms with Crippen LogP contribution in [0.2, 0.25) is 0 Å². The van der Waals surface area contributed by atoms with Gasteiger partial charge in [-0.1, -0.05) is 0 Å². The van der Waals surface area contributed by atoms with E-state index in [1.165, 1.54) is 26.2 Å². The van der Waals surface area contributed by atoms with E-state index in [1.807, 2.05) is 0 Å². The Hall–Kier alpha value is -1.32. The highest BCUT2D eigenvalue weighted by atomic mass is 16.4. The lowest BCUT2D eigenvalue weighted by Crippen LogP contribution is -2.60. The van der Waals surface area contributed by atoms with Gasteiger partial charge in [0.2, 0.25) is 5.91 Å². The van der Waals surface area contributed by atoms with Crippen LogP contribution >= 0.6 is 0 Å². The second-order valence-electron chi connectivity index (χ2n) is 7.21. The van der Waals surface area contributed by atoms with E-state index in [0.29, 0.717) is 5.57 Å². The Morgan fingerprint density at radius 3 is 1.80 bits per heavy atom. The SMILES string of the molecule is CC(C(=O)O)=C(C)C(=O)NC12CC3CC(CC(C3)C1)C2. The smallest absolute Gasteiger partial charge is 0.331 e. The van der Waals surface area contributed by atoms with Gasteiger partial charge in [-0.3, -0.25) is 4.79 Å². The number of hydrogen-bond acceptors (Lipinski definition) is 2. The summed E-state index contributed by atoms with van der Waals surface area (Å²) >= 11 is 0. The molecule has 0 aromatic carbocycles. The van der Waals surface area contributed by atoms with Crippen molar-refractivity contribution >= 4 is 11.9 Å². The van der Waals surface area contributed by atoms with E-state index in [4.69, 9.17) is 5.11 Å². The predicted molar refractivity (Wildman–Crippen MR) is 75.1 cm³/mol. The second kappa shape index (κ2) is 4.61. The first-order chi connectivity index (χ1) is 9.38. The van der Waals surface area contributed by atoms with Crippen LogP contribution in [0, 0.1) is 17.8 Å². The van der Waals surface area contributed by atoms with E-state index >= 15 is 0 Å². The number of carbonyl (C=O) groups is 2. The van der Waals surface area contributed by atoms with Crippen molar-refractivity contribution in [2.75, 3.05) is 0 Å². The molecule has 0 aromatic rings. The van der Waals surface area contributed by atoms with E-state index in [0.717, 1.165) is 37.0 Å². The summed E-state index contributed by atoms with van der Waals surface area (Å²) in [5.74, 6) is 1.11. The molecule has 0 radical (unpaired) electrons. The van der Waals surface area contributed by atoms with Crippen LogP contribution in [0.1, 0.15) is 52.4 Å². The number of carbonyl (C=O) groups excluding carboxylic acids is 1. The number of carboxylic acid groups (broad SMARTS) is 1. The van der Waals surface area contributed by atoms with Gasteiger partial charge < -0.3 is 10.4 Å². The summed E-state index contributed by atoms with van der Waals surface area (Å²) in [4.78, 5) is 23.3. The molecule has 4 nitrogen and oxygen atoms in total. The molecule has 0 spiro atoms. The van der Waals surface area contributed by atoms with Crippen LogP contribution in [0.3, 0.4) is 0 Å². The first kappa shape index (κ1) is 13.7. The summed E-state index contributed by atoms with van der Waals surface area (Å²) in [6.45, 7) is 3.11. The quantitative estimate of drug-likeness (QED) is 0.779. The van der Waals surface area contributed by atoms with Gasteiger partial charge in [-0.05, 0) is 70.1 Å².